The Morgan fingerprint density at radius 2 is 2.05 bits per heavy atom. The van der Waals surface area contributed by atoms with E-state index >= 15 is 0 Å². The molecule has 0 unspecified atom stereocenters. The second-order valence-corrected chi connectivity index (χ2v) is 5.63. The van der Waals surface area contributed by atoms with Crippen LogP contribution in [0.1, 0.15) is 30.9 Å². The molecule has 1 aromatic carbocycles. The second kappa shape index (κ2) is 6.42. The van der Waals surface area contributed by atoms with Crippen molar-refractivity contribution in [1.29, 1.82) is 0 Å². The number of halogens is 2. The number of aromatic nitrogens is 2. The Labute approximate surface area is 123 Å². The molecule has 0 amide bonds. The first-order valence-corrected chi connectivity index (χ1v) is 7.00. The van der Waals surface area contributed by atoms with Crippen molar-refractivity contribution in [3.63, 3.8) is 0 Å². The first kappa shape index (κ1) is 14.4. The average Bonchev–Trinajstić information content (AvgIpc) is 2.79. The number of aromatic amines is 1. The summed E-state index contributed by atoms with van der Waals surface area (Å²) < 4.78 is 0. The highest BCUT2D eigenvalue weighted by atomic mass is 35.5. The summed E-state index contributed by atoms with van der Waals surface area (Å²) >= 11 is 11.9. The summed E-state index contributed by atoms with van der Waals surface area (Å²) in [5, 5.41) is 4.50. The van der Waals surface area contributed by atoms with Crippen molar-refractivity contribution in [2.75, 3.05) is 0 Å². The highest BCUT2D eigenvalue weighted by molar-refractivity contribution is 6.42. The van der Waals surface area contributed by atoms with Gasteiger partial charge in [0.15, 0.2) is 0 Å². The molecule has 3 nitrogen and oxygen atoms in total. The van der Waals surface area contributed by atoms with Crippen molar-refractivity contribution in [2.24, 2.45) is 0 Å². The first-order chi connectivity index (χ1) is 9.04. The van der Waals surface area contributed by atoms with E-state index in [1.54, 1.807) is 0 Å². The number of rotatable bonds is 5. The van der Waals surface area contributed by atoms with E-state index in [9.17, 15) is 0 Å². The molecule has 0 saturated carbocycles. The van der Waals surface area contributed by atoms with Crippen LogP contribution in [0.3, 0.4) is 0 Å². The quantitative estimate of drug-likeness (QED) is 0.881. The van der Waals surface area contributed by atoms with Gasteiger partial charge in [-0.2, -0.15) is 0 Å². The number of hydrogen-bond donors (Lipinski definition) is 2. The highest BCUT2D eigenvalue weighted by Gasteiger charge is 2.05. The van der Waals surface area contributed by atoms with Crippen LogP contribution in [-0.4, -0.2) is 16.0 Å². The molecule has 5 heteroatoms. The number of hydrogen-bond acceptors (Lipinski definition) is 2. The van der Waals surface area contributed by atoms with Crippen LogP contribution in [-0.2, 0) is 13.0 Å². The number of nitrogens with one attached hydrogen (secondary N) is 2. The van der Waals surface area contributed by atoms with Crippen LogP contribution in [0.5, 0.6) is 0 Å². The molecule has 1 heterocycles. The zero-order valence-electron chi connectivity index (χ0n) is 11.0. The van der Waals surface area contributed by atoms with E-state index in [1.807, 2.05) is 24.4 Å². The zero-order chi connectivity index (χ0) is 13.8. The Balaban J connectivity index is 2.01. The highest BCUT2D eigenvalue weighted by Crippen LogP contribution is 2.23. The molecule has 0 aliphatic carbocycles. The smallest absolute Gasteiger partial charge is 0.110 e. The van der Waals surface area contributed by atoms with Gasteiger partial charge in [-0.05, 0) is 17.7 Å². The zero-order valence-corrected chi connectivity index (χ0v) is 12.5. The van der Waals surface area contributed by atoms with E-state index in [2.05, 4.69) is 29.1 Å². The summed E-state index contributed by atoms with van der Waals surface area (Å²) in [5.41, 5.74) is 2.18. The molecule has 0 bridgehead atoms. The minimum absolute atomic E-state index is 0.460. The fourth-order valence-electron chi connectivity index (χ4n) is 1.74. The minimum Gasteiger partial charge on any atom is -0.345 e. The summed E-state index contributed by atoms with van der Waals surface area (Å²) in [6, 6.07) is 6.10. The molecular weight excluding hydrogens is 281 g/mol. The van der Waals surface area contributed by atoms with Crippen LogP contribution >= 0.6 is 23.2 Å². The van der Waals surface area contributed by atoms with Gasteiger partial charge in [-0.25, -0.2) is 4.98 Å². The van der Waals surface area contributed by atoms with Gasteiger partial charge in [0.2, 0.25) is 0 Å². The summed E-state index contributed by atoms with van der Waals surface area (Å²) in [5.74, 6) is 0.930. The minimum atomic E-state index is 0.460. The molecule has 0 radical (unpaired) electrons. The van der Waals surface area contributed by atoms with Gasteiger partial charge in [0, 0.05) is 30.9 Å². The Morgan fingerprint density at radius 1 is 1.26 bits per heavy atom. The number of imidazole rings is 1. The van der Waals surface area contributed by atoms with Crippen molar-refractivity contribution in [3.8, 4) is 0 Å². The lowest BCUT2D eigenvalue weighted by Crippen LogP contribution is -2.21. The molecule has 0 saturated heterocycles. The SMILES string of the molecule is CC(C)NCc1cnc(Cc2ccc(Cl)c(Cl)c2)[nH]1. The second-order valence-electron chi connectivity index (χ2n) is 4.82. The molecule has 2 rings (SSSR count). The van der Waals surface area contributed by atoms with E-state index in [0.717, 1.165) is 30.0 Å². The maximum atomic E-state index is 6.00. The Morgan fingerprint density at radius 3 is 2.74 bits per heavy atom. The first-order valence-electron chi connectivity index (χ1n) is 6.24. The van der Waals surface area contributed by atoms with Crippen molar-refractivity contribution in [2.45, 2.75) is 32.9 Å². The third kappa shape index (κ3) is 4.23. The van der Waals surface area contributed by atoms with Gasteiger partial charge in [-0.15, -0.1) is 0 Å². The molecule has 0 aliphatic heterocycles. The van der Waals surface area contributed by atoms with Gasteiger partial charge in [-0.1, -0.05) is 43.1 Å². The predicted octanol–water partition coefficient (Wildman–Crippen LogP) is 3.81. The van der Waals surface area contributed by atoms with E-state index in [0.29, 0.717) is 16.1 Å². The van der Waals surface area contributed by atoms with Gasteiger partial charge in [0.25, 0.3) is 0 Å². The largest absolute Gasteiger partial charge is 0.345 e. The lowest BCUT2D eigenvalue weighted by molar-refractivity contribution is 0.582. The fraction of sp³-hybridized carbons (Fsp3) is 0.357. The summed E-state index contributed by atoms with van der Waals surface area (Å²) in [4.78, 5) is 7.67. The van der Waals surface area contributed by atoms with Gasteiger partial charge < -0.3 is 10.3 Å². The van der Waals surface area contributed by atoms with Crippen LogP contribution < -0.4 is 5.32 Å². The van der Waals surface area contributed by atoms with Gasteiger partial charge in [-0.3, -0.25) is 0 Å². The van der Waals surface area contributed by atoms with E-state index in [1.165, 1.54) is 0 Å². The van der Waals surface area contributed by atoms with Crippen LogP contribution in [0.2, 0.25) is 10.0 Å². The van der Waals surface area contributed by atoms with E-state index in [4.69, 9.17) is 23.2 Å². The molecule has 0 spiro atoms. The number of H-pyrrole nitrogens is 1. The number of benzene rings is 1. The molecule has 0 aliphatic rings. The standard InChI is InChI=1S/C14H17Cl2N3/c1-9(2)17-7-11-8-18-14(19-11)6-10-3-4-12(15)13(16)5-10/h3-5,8-9,17H,6-7H2,1-2H3,(H,18,19). The predicted molar refractivity (Wildman–Crippen MR) is 79.8 cm³/mol. The maximum Gasteiger partial charge on any atom is 0.110 e. The van der Waals surface area contributed by atoms with E-state index < -0.39 is 0 Å². The molecule has 102 valence electrons. The normalized spacial score (nSPS) is 11.2. The lowest BCUT2D eigenvalue weighted by atomic mass is 10.1. The van der Waals surface area contributed by atoms with Crippen LogP contribution in [0.4, 0.5) is 0 Å². The Bertz CT molecular complexity index is 549. The van der Waals surface area contributed by atoms with Crippen molar-refractivity contribution in [3.05, 3.63) is 51.5 Å². The fourth-order valence-corrected chi connectivity index (χ4v) is 2.06. The molecule has 19 heavy (non-hydrogen) atoms. The monoisotopic (exact) mass is 297 g/mol. The van der Waals surface area contributed by atoms with Crippen LogP contribution in [0.25, 0.3) is 0 Å². The molecule has 2 N–H and O–H groups in total. The lowest BCUT2D eigenvalue weighted by Gasteiger charge is -2.05. The average molecular weight is 298 g/mol. The molecule has 0 atom stereocenters. The van der Waals surface area contributed by atoms with Gasteiger partial charge in [0.05, 0.1) is 10.0 Å². The Kier molecular flexibility index (Phi) is 4.86. The summed E-state index contributed by atoms with van der Waals surface area (Å²) in [6.45, 7) is 5.03. The van der Waals surface area contributed by atoms with E-state index in [-0.39, 0.29) is 0 Å². The van der Waals surface area contributed by atoms with Crippen molar-refractivity contribution < 1.29 is 0 Å². The topological polar surface area (TPSA) is 40.7 Å². The Hall–Kier alpha value is -1.03. The summed E-state index contributed by atoms with van der Waals surface area (Å²) in [7, 11) is 0. The molecular formula is C14H17Cl2N3. The molecule has 2 aromatic rings. The van der Waals surface area contributed by atoms with Gasteiger partial charge >= 0.3 is 0 Å². The van der Waals surface area contributed by atoms with Crippen molar-refractivity contribution >= 4 is 23.2 Å². The van der Waals surface area contributed by atoms with Crippen LogP contribution in [0.15, 0.2) is 24.4 Å². The third-order valence-electron chi connectivity index (χ3n) is 2.74. The third-order valence-corrected chi connectivity index (χ3v) is 3.48. The molecule has 0 fully saturated rings. The molecule has 1 aromatic heterocycles. The summed E-state index contributed by atoms with van der Waals surface area (Å²) in [6.07, 6.45) is 2.58. The maximum absolute atomic E-state index is 6.00. The van der Waals surface area contributed by atoms with Gasteiger partial charge in [0.1, 0.15) is 5.82 Å². The van der Waals surface area contributed by atoms with Crippen LogP contribution in [0, 0.1) is 0 Å². The number of nitrogens with zero attached hydrogens (tertiary/aromatic N) is 1. The van der Waals surface area contributed by atoms with Crippen molar-refractivity contribution in [1.82, 2.24) is 15.3 Å².